The Morgan fingerprint density at radius 1 is 1.35 bits per heavy atom. The lowest BCUT2D eigenvalue weighted by Crippen LogP contribution is -2.42. The van der Waals surface area contributed by atoms with Crippen LogP contribution >= 0.6 is 0 Å². The number of rotatable bonds is 3. The maximum absolute atomic E-state index is 6.73. The molecular weight excluding hydrogens is 248 g/mol. The summed E-state index contributed by atoms with van der Waals surface area (Å²) in [5.41, 5.74) is 8.38. The molecule has 4 heteroatoms. The van der Waals surface area contributed by atoms with E-state index in [1.807, 2.05) is 18.3 Å². The van der Waals surface area contributed by atoms with Gasteiger partial charge in [-0.2, -0.15) is 0 Å². The molecule has 1 aliphatic rings. The van der Waals surface area contributed by atoms with Gasteiger partial charge in [0.05, 0.1) is 5.54 Å². The van der Waals surface area contributed by atoms with Gasteiger partial charge >= 0.3 is 0 Å². The maximum Gasteiger partial charge on any atom is 0.160 e. The highest BCUT2D eigenvalue weighted by molar-refractivity contribution is 5.71. The third-order valence-corrected chi connectivity index (χ3v) is 4.84. The number of nitrogens with zero attached hydrogens (tertiary/aromatic N) is 3. The molecule has 0 saturated heterocycles. The van der Waals surface area contributed by atoms with E-state index < -0.39 is 0 Å². The molecule has 1 fully saturated rings. The zero-order valence-electron chi connectivity index (χ0n) is 12.5. The summed E-state index contributed by atoms with van der Waals surface area (Å²) in [6.07, 6.45) is 7.60. The van der Waals surface area contributed by atoms with E-state index in [2.05, 4.69) is 23.4 Å². The van der Waals surface area contributed by atoms with E-state index in [4.69, 9.17) is 10.7 Å². The fourth-order valence-electron chi connectivity index (χ4n) is 3.46. The Morgan fingerprint density at radius 3 is 2.75 bits per heavy atom. The van der Waals surface area contributed by atoms with Crippen molar-refractivity contribution in [2.24, 2.45) is 11.7 Å². The van der Waals surface area contributed by atoms with E-state index in [0.717, 1.165) is 42.3 Å². The number of pyridine rings is 1. The predicted molar refractivity (Wildman–Crippen MR) is 81.3 cm³/mol. The van der Waals surface area contributed by atoms with Gasteiger partial charge in [-0.3, -0.25) is 0 Å². The average Bonchev–Trinajstić information content (AvgIpc) is 2.87. The summed E-state index contributed by atoms with van der Waals surface area (Å²) in [6.45, 7) is 5.29. The molecule has 4 nitrogen and oxygen atoms in total. The van der Waals surface area contributed by atoms with Crippen LogP contribution < -0.4 is 5.73 Å². The second-order valence-electron chi connectivity index (χ2n) is 6.03. The molecule has 0 amide bonds. The summed E-state index contributed by atoms with van der Waals surface area (Å²) in [5, 5.41) is 0. The second-order valence-corrected chi connectivity index (χ2v) is 6.03. The van der Waals surface area contributed by atoms with Crippen molar-refractivity contribution < 1.29 is 0 Å². The Balaban J connectivity index is 2.01. The van der Waals surface area contributed by atoms with Crippen LogP contribution in [0.25, 0.3) is 11.2 Å². The first-order chi connectivity index (χ1) is 9.68. The summed E-state index contributed by atoms with van der Waals surface area (Å²) in [6, 6.07) is 3.97. The van der Waals surface area contributed by atoms with E-state index in [9.17, 15) is 0 Å². The van der Waals surface area contributed by atoms with Crippen LogP contribution in [0.1, 0.15) is 51.8 Å². The molecule has 2 heterocycles. The molecule has 108 valence electrons. The first-order valence-electron chi connectivity index (χ1n) is 7.78. The molecule has 1 aliphatic carbocycles. The number of hydrogen-bond donors (Lipinski definition) is 1. The van der Waals surface area contributed by atoms with Crippen molar-refractivity contribution in [1.82, 2.24) is 14.5 Å². The van der Waals surface area contributed by atoms with Crippen LogP contribution in [0, 0.1) is 5.92 Å². The van der Waals surface area contributed by atoms with E-state index in [0.29, 0.717) is 0 Å². The largest absolute Gasteiger partial charge is 0.319 e. The molecule has 0 atom stereocenters. The maximum atomic E-state index is 6.73. The van der Waals surface area contributed by atoms with Crippen molar-refractivity contribution in [2.45, 2.75) is 58.0 Å². The smallest absolute Gasteiger partial charge is 0.160 e. The Morgan fingerprint density at radius 2 is 2.10 bits per heavy atom. The van der Waals surface area contributed by atoms with Gasteiger partial charge in [0.2, 0.25) is 0 Å². The lowest BCUT2D eigenvalue weighted by Gasteiger charge is -2.36. The van der Waals surface area contributed by atoms with Gasteiger partial charge in [-0.05, 0) is 50.7 Å². The molecule has 0 aliphatic heterocycles. The van der Waals surface area contributed by atoms with E-state index in [-0.39, 0.29) is 5.54 Å². The van der Waals surface area contributed by atoms with Crippen LogP contribution in [0.2, 0.25) is 0 Å². The number of fused-ring (bicyclic) bond motifs is 1. The minimum atomic E-state index is -0.275. The molecule has 0 spiro atoms. The molecular formula is C16H24N4. The number of hydrogen-bond acceptors (Lipinski definition) is 3. The normalized spacial score (nSPS) is 27.1. The minimum absolute atomic E-state index is 0.275. The molecule has 2 N–H and O–H groups in total. The van der Waals surface area contributed by atoms with E-state index in [1.54, 1.807) is 0 Å². The standard InChI is InChI=1S/C16H24N4/c1-3-12-7-9-16(17,10-8-12)15-19-13-6-5-11-18-14(13)20(15)4-2/h5-6,11-12H,3-4,7-10,17H2,1-2H3. The van der Waals surface area contributed by atoms with Crippen molar-refractivity contribution in [3.63, 3.8) is 0 Å². The van der Waals surface area contributed by atoms with Gasteiger partial charge in [0.1, 0.15) is 11.3 Å². The summed E-state index contributed by atoms with van der Waals surface area (Å²) in [4.78, 5) is 9.28. The monoisotopic (exact) mass is 272 g/mol. The van der Waals surface area contributed by atoms with Crippen LogP contribution in [0.5, 0.6) is 0 Å². The Labute approximate surface area is 120 Å². The number of aryl methyl sites for hydroxylation is 1. The highest BCUT2D eigenvalue weighted by Gasteiger charge is 2.37. The molecule has 1 saturated carbocycles. The fraction of sp³-hybridized carbons (Fsp3) is 0.625. The van der Waals surface area contributed by atoms with Crippen molar-refractivity contribution >= 4 is 11.2 Å². The first-order valence-corrected chi connectivity index (χ1v) is 7.78. The molecule has 0 bridgehead atoms. The number of aromatic nitrogens is 3. The molecule has 2 aromatic heterocycles. The highest BCUT2D eigenvalue weighted by atomic mass is 15.2. The Hall–Kier alpha value is -1.42. The topological polar surface area (TPSA) is 56.7 Å². The number of imidazole rings is 1. The van der Waals surface area contributed by atoms with Crippen molar-refractivity contribution in [3.8, 4) is 0 Å². The molecule has 3 rings (SSSR count). The van der Waals surface area contributed by atoms with Crippen LogP contribution in [-0.2, 0) is 12.1 Å². The van der Waals surface area contributed by atoms with Gasteiger partial charge in [0.25, 0.3) is 0 Å². The minimum Gasteiger partial charge on any atom is -0.319 e. The SMILES string of the molecule is CCC1CCC(N)(c2nc3cccnc3n2CC)CC1. The molecule has 2 aromatic rings. The van der Waals surface area contributed by atoms with Crippen LogP contribution in [0.4, 0.5) is 0 Å². The van der Waals surface area contributed by atoms with Gasteiger partial charge in [-0.15, -0.1) is 0 Å². The Kier molecular flexibility index (Phi) is 3.50. The zero-order valence-corrected chi connectivity index (χ0v) is 12.5. The molecule has 0 radical (unpaired) electrons. The van der Waals surface area contributed by atoms with Gasteiger partial charge in [-0.25, -0.2) is 9.97 Å². The van der Waals surface area contributed by atoms with Crippen LogP contribution in [-0.4, -0.2) is 14.5 Å². The quantitative estimate of drug-likeness (QED) is 0.933. The molecule has 20 heavy (non-hydrogen) atoms. The van der Waals surface area contributed by atoms with Crippen LogP contribution in [0.3, 0.4) is 0 Å². The Bertz CT molecular complexity index is 594. The summed E-state index contributed by atoms with van der Waals surface area (Å²) in [5.74, 6) is 1.87. The number of nitrogens with two attached hydrogens (primary N) is 1. The van der Waals surface area contributed by atoms with Crippen molar-refractivity contribution in [2.75, 3.05) is 0 Å². The second kappa shape index (κ2) is 5.17. The third kappa shape index (κ3) is 2.12. The average molecular weight is 272 g/mol. The van der Waals surface area contributed by atoms with Crippen molar-refractivity contribution in [3.05, 3.63) is 24.2 Å². The first kappa shape index (κ1) is 13.6. The van der Waals surface area contributed by atoms with Gasteiger partial charge in [0, 0.05) is 12.7 Å². The van der Waals surface area contributed by atoms with Gasteiger partial charge in [0.15, 0.2) is 5.65 Å². The molecule has 0 aromatic carbocycles. The van der Waals surface area contributed by atoms with E-state index >= 15 is 0 Å². The van der Waals surface area contributed by atoms with Crippen LogP contribution in [0.15, 0.2) is 18.3 Å². The van der Waals surface area contributed by atoms with Gasteiger partial charge < -0.3 is 10.3 Å². The third-order valence-electron chi connectivity index (χ3n) is 4.84. The van der Waals surface area contributed by atoms with E-state index in [1.165, 1.54) is 19.3 Å². The zero-order chi connectivity index (χ0) is 14.2. The summed E-state index contributed by atoms with van der Waals surface area (Å²) < 4.78 is 2.20. The summed E-state index contributed by atoms with van der Waals surface area (Å²) in [7, 11) is 0. The summed E-state index contributed by atoms with van der Waals surface area (Å²) >= 11 is 0. The lowest BCUT2D eigenvalue weighted by atomic mass is 9.75. The predicted octanol–water partition coefficient (Wildman–Crippen LogP) is 3.21. The lowest BCUT2D eigenvalue weighted by molar-refractivity contribution is 0.217. The van der Waals surface area contributed by atoms with Gasteiger partial charge in [-0.1, -0.05) is 13.3 Å². The fourth-order valence-corrected chi connectivity index (χ4v) is 3.46. The highest BCUT2D eigenvalue weighted by Crippen LogP contribution is 2.38. The van der Waals surface area contributed by atoms with Crippen molar-refractivity contribution in [1.29, 1.82) is 0 Å². The molecule has 0 unspecified atom stereocenters.